The van der Waals surface area contributed by atoms with Crippen molar-refractivity contribution in [1.82, 2.24) is 10.2 Å². The van der Waals surface area contributed by atoms with Crippen molar-refractivity contribution in [3.05, 3.63) is 91.7 Å². The summed E-state index contributed by atoms with van der Waals surface area (Å²) in [6.07, 6.45) is 0.159. The number of hydrogen-bond acceptors (Lipinski definition) is 6. The second kappa shape index (κ2) is 13.3. The molecule has 0 bridgehead atoms. The fraction of sp³-hybridized carbons (Fsp3) is 0.276. The molecule has 0 aromatic heterocycles. The van der Waals surface area contributed by atoms with Crippen LogP contribution in [0.3, 0.4) is 0 Å². The number of hydrogen-bond donors (Lipinski definition) is 3. The van der Waals surface area contributed by atoms with E-state index >= 15 is 0 Å². The monoisotopic (exact) mass is 570 g/mol. The van der Waals surface area contributed by atoms with Crippen molar-refractivity contribution in [2.45, 2.75) is 25.2 Å². The van der Waals surface area contributed by atoms with Crippen molar-refractivity contribution < 1.29 is 29.3 Å². The second-order valence-electron chi connectivity index (χ2n) is 9.04. The second-order valence-corrected chi connectivity index (χ2v) is 9.85. The van der Waals surface area contributed by atoms with Gasteiger partial charge in [0.05, 0.1) is 37.1 Å². The SMILES string of the molecule is COC(=O)CC1=C(C(=O)O)C(c2c(Cl)cccc2Cl)C(C(=O)O)=C(CCc2ccccc2C#CCN(C)C)N1. The van der Waals surface area contributed by atoms with Crippen LogP contribution in [0.15, 0.2) is 65.0 Å². The van der Waals surface area contributed by atoms with Crippen LogP contribution in [0.25, 0.3) is 0 Å². The van der Waals surface area contributed by atoms with Gasteiger partial charge in [-0.1, -0.05) is 59.3 Å². The van der Waals surface area contributed by atoms with E-state index in [0.29, 0.717) is 13.0 Å². The van der Waals surface area contributed by atoms with E-state index in [1.807, 2.05) is 43.3 Å². The fourth-order valence-corrected chi connectivity index (χ4v) is 4.97. The van der Waals surface area contributed by atoms with Crippen molar-refractivity contribution in [3.8, 4) is 11.8 Å². The highest BCUT2D eigenvalue weighted by Crippen LogP contribution is 2.45. The van der Waals surface area contributed by atoms with E-state index in [2.05, 4.69) is 17.2 Å². The maximum absolute atomic E-state index is 12.7. The van der Waals surface area contributed by atoms with Gasteiger partial charge in [-0.25, -0.2) is 9.59 Å². The van der Waals surface area contributed by atoms with E-state index in [-0.39, 0.29) is 44.6 Å². The Hall–Kier alpha value is -3.77. The lowest BCUT2D eigenvalue weighted by atomic mass is 9.78. The van der Waals surface area contributed by atoms with E-state index in [1.165, 1.54) is 19.2 Å². The summed E-state index contributed by atoms with van der Waals surface area (Å²) in [5.41, 5.74) is 1.51. The first-order valence-corrected chi connectivity index (χ1v) is 12.7. The van der Waals surface area contributed by atoms with Gasteiger partial charge in [0.1, 0.15) is 0 Å². The largest absolute Gasteiger partial charge is 0.478 e. The first-order chi connectivity index (χ1) is 18.5. The van der Waals surface area contributed by atoms with Crippen molar-refractivity contribution in [2.24, 2.45) is 0 Å². The molecule has 3 N–H and O–H groups in total. The number of esters is 1. The smallest absolute Gasteiger partial charge is 0.334 e. The van der Waals surface area contributed by atoms with Crippen molar-refractivity contribution in [2.75, 3.05) is 27.7 Å². The molecular formula is C29H28Cl2N2O6. The highest BCUT2D eigenvalue weighted by molar-refractivity contribution is 6.36. The number of rotatable bonds is 9. The Morgan fingerprint density at radius 3 is 2.15 bits per heavy atom. The van der Waals surface area contributed by atoms with E-state index in [0.717, 1.165) is 11.1 Å². The van der Waals surface area contributed by atoms with Gasteiger partial charge in [-0.15, -0.1) is 0 Å². The van der Waals surface area contributed by atoms with Crippen LogP contribution in [-0.2, 0) is 25.5 Å². The number of aryl methyl sites for hydroxylation is 1. The molecule has 0 saturated heterocycles. The summed E-state index contributed by atoms with van der Waals surface area (Å²) in [6, 6.07) is 12.1. The fourth-order valence-electron chi connectivity index (χ4n) is 4.36. The van der Waals surface area contributed by atoms with E-state index in [4.69, 9.17) is 27.9 Å². The molecule has 1 aliphatic heterocycles. The maximum Gasteiger partial charge on any atom is 0.334 e. The zero-order valence-electron chi connectivity index (χ0n) is 21.7. The third kappa shape index (κ3) is 7.21. The number of carbonyl (C=O) groups excluding carboxylic acids is 1. The molecule has 1 heterocycles. The number of methoxy groups -OCH3 is 1. The van der Waals surface area contributed by atoms with E-state index < -0.39 is 30.2 Å². The van der Waals surface area contributed by atoms with Gasteiger partial charge in [0.15, 0.2) is 0 Å². The van der Waals surface area contributed by atoms with Gasteiger partial charge >= 0.3 is 17.9 Å². The lowest BCUT2D eigenvalue weighted by Gasteiger charge is -2.32. The molecule has 1 unspecified atom stereocenters. The maximum atomic E-state index is 12.7. The normalized spacial score (nSPS) is 15.0. The number of aliphatic carboxylic acids is 2. The quantitative estimate of drug-likeness (QED) is 0.299. The molecular weight excluding hydrogens is 543 g/mol. The third-order valence-electron chi connectivity index (χ3n) is 6.11. The Labute approximate surface area is 236 Å². The molecule has 1 aliphatic rings. The van der Waals surface area contributed by atoms with E-state index in [9.17, 15) is 24.6 Å². The summed E-state index contributed by atoms with van der Waals surface area (Å²) in [7, 11) is 5.02. The van der Waals surface area contributed by atoms with Gasteiger partial charge in [0.2, 0.25) is 0 Å². The Bertz CT molecular complexity index is 1400. The van der Waals surface area contributed by atoms with Crippen molar-refractivity contribution in [3.63, 3.8) is 0 Å². The summed E-state index contributed by atoms with van der Waals surface area (Å²) >= 11 is 12.9. The number of nitrogens with one attached hydrogen (secondary N) is 1. The minimum Gasteiger partial charge on any atom is -0.478 e. The number of halogens is 2. The summed E-state index contributed by atoms with van der Waals surface area (Å²) in [4.78, 5) is 39.4. The molecule has 0 spiro atoms. The minimum absolute atomic E-state index is 0.00870. The minimum atomic E-state index is -1.42. The van der Waals surface area contributed by atoms with Crippen LogP contribution in [-0.4, -0.2) is 60.8 Å². The highest BCUT2D eigenvalue weighted by atomic mass is 35.5. The molecule has 0 aliphatic carbocycles. The van der Waals surface area contributed by atoms with Gasteiger partial charge in [0, 0.05) is 32.6 Å². The third-order valence-corrected chi connectivity index (χ3v) is 6.77. The van der Waals surface area contributed by atoms with Crippen LogP contribution in [0.4, 0.5) is 0 Å². The standard InChI is InChI=1S/C29H28Cl2N2O6/c1-33(2)15-7-10-17-8-4-5-9-18(17)13-14-21-25(28(35)36)27(24-19(30)11-6-12-20(24)31)26(29(37)38)22(32-21)16-23(34)39-3/h4-6,8-9,11-12,27,32H,13-16H2,1-3H3,(H,35,36)(H,37,38). The average molecular weight is 571 g/mol. The molecule has 2 aromatic rings. The van der Waals surface area contributed by atoms with E-state index in [1.54, 1.807) is 6.07 Å². The predicted octanol–water partition coefficient (Wildman–Crippen LogP) is 4.47. The Kier molecular flexibility index (Phi) is 10.2. The lowest BCUT2D eigenvalue weighted by Crippen LogP contribution is -2.34. The number of ether oxygens (including phenoxy) is 1. The molecule has 8 nitrogen and oxygen atoms in total. The Morgan fingerprint density at radius 1 is 0.949 bits per heavy atom. The highest BCUT2D eigenvalue weighted by Gasteiger charge is 2.40. The van der Waals surface area contributed by atoms with Crippen molar-refractivity contribution >= 4 is 41.1 Å². The summed E-state index contributed by atoms with van der Waals surface area (Å²) in [6.45, 7) is 0.574. The summed E-state index contributed by atoms with van der Waals surface area (Å²) < 4.78 is 4.77. The number of carboxylic acid groups (broad SMARTS) is 2. The van der Waals surface area contributed by atoms with Gasteiger partial charge in [0.25, 0.3) is 0 Å². The topological polar surface area (TPSA) is 116 Å². The van der Waals surface area contributed by atoms with Crippen molar-refractivity contribution in [1.29, 1.82) is 0 Å². The van der Waals surface area contributed by atoms with Gasteiger partial charge in [-0.2, -0.15) is 0 Å². The lowest BCUT2D eigenvalue weighted by molar-refractivity contribution is -0.139. The van der Waals surface area contributed by atoms with Gasteiger partial charge < -0.3 is 20.3 Å². The Balaban J connectivity index is 2.16. The first kappa shape index (κ1) is 29.8. The Morgan fingerprint density at radius 2 is 1.56 bits per heavy atom. The molecule has 0 radical (unpaired) electrons. The van der Waals surface area contributed by atoms with Crippen LogP contribution >= 0.6 is 23.2 Å². The summed E-state index contributed by atoms with van der Waals surface area (Å²) in [5.74, 6) is 1.46. The molecule has 3 rings (SSSR count). The van der Waals surface area contributed by atoms with Crippen LogP contribution in [0.5, 0.6) is 0 Å². The molecule has 39 heavy (non-hydrogen) atoms. The number of benzene rings is 2. The molecule has 0 saturated carbocycles. The molecule has 0 fully saturated rings. The van der Waals surface area contributed by atoms with Crippen LogP contribution in [0.1, 0.15) is 35.4 Å². The number of allylic oxidation sites excluding steroid dienone is 1. The van der Waals surface area contributed by atoms with Gasteiger partial charge in [-0.05, 0) is 50.7 Å². The average Bonchev–Trinajstić information content (AvgIpc) is 2.87. The molecule has 10 heteroatoms. The zero-order chi connectivity index (χ0) is 28.7. The predicted molar refractivity (Wildman–Crippen MR) is 148 cm³/mol. The van der Waals surface area contributed by atoms with Crippen LogP contribution in [0, 0.1) is 11.8 Å². The number of dihydropyridines is 1. The molecule has 2 aromatic carbocycles. The number of carbonyl (C=O) groups is 3. The van der Waals surface area contributed by atoms with Gasteiger partial charge in [-0.3, -0.25) is 9.69 Å². The number of carboxylic acids is 2. The summed E-state index contributed by atoms with van der Waals surface area (Å²) in [5, 5.41) is 23.7. The van der Waals surface area contributed by atoms with Crippen LogP contribution < -0.4 is 5.32 Å². The number of nitrogens with zero attached hydrogens (tertiary/aromatic N) is 1. The molecule has 0 amide bonds. The molecule has 1 atom stereocenters. The molecule has 204 valence electrons. The van der Waals surface area contributed by atoms with Crippen LogP contribution in [0.2, 0.25) is 10.0 Å². The first-order valence-electron chi connectivity index (χ1n) is 12.0. The zero-order valence-corrected chi connectivity index (χ0v) is 23.2.